The average Bonchev–Trinajstić information content (AvgIpc) is 3.05. The van der Waals surface area contributed by atoms with Crippen molar-refractivity contribution in [2.75, 3.05) is 0 Å². The van der Waals surface area contributed by atoms with Crippen molar-refractivity contribution in [1.82, 2.24) is 5.43 Å². The summed E-state index contributed by atoms with van der Waals surface area (Å²) in [5.41, 5.74) is 3.34. The first-order valence-electron chi connectivity index (χ1n) is 7.06. The van der Waals surface area contributed by atoms with Crippen molar-refractivity contribution < 1.29 is 18.0 Å². The van der Waals surface area contributed by atoms with Gasteiger partial charge in [-0.25, -0.2) is 14.2 Å². The van der Waals surface area contributed by atoms with Gasteiger partial charge in [-0.1, -0.05) is 0 Å². The Bertz CT molecular complexity index is 869. The summed E-state index contributed by atoms with van der Waals surface area (Å²) in [5.74, 6) is -0.221. The molecule has 3 aromatic rings. The molecule has 0 saturated heterocycles. The van der Waals surface area contributed by atoms with Gasteiger partial charge in [0.15, 0.2) is 0 Å². The van der Waals surface area contributed by atoms with Gasteiger partial charge in [-0.2, -0.15) is 5.10 Å². The third-order valence-corrected chi connectivity index (χ3v) is 3.22. The lowest BCUT2D eigenvalue weighted by Gasteiger charge is -1.98. The number of carbonyl (C=O) groups is 1. The highest BCUT2D eigenvalue weighted by molar-refractivity contribution is 5.94. The number of benzene rings is 2. The topological polar surface area (TPSA) is 54.6 Å². The molecule has 120 valence electrons. The maximum Gasteiger partial charge on any atom is 0.271 e. The number of rotatable bonds is 4. The van der Waals surface area contributed by atoms with E-state index in [0.717, 1.165) is 5.56 Å². The van der Waals surface area contributed by atoms with Gasteiger partial charge in [0.1, 0.15) is 23.2 Å². The lowest BCUT2D eigenvalue weighted by molar-refractivity contribution is 0.0955. The first kappa shape index (κ1) is 15.6. The zero-order chi connectivity index (χ0) is 16.9. The molecule has 0 bridgehead atoms. The van der Waals surface area contributed by atoms with Crippen LogP contribution in [0.5, 0.6) is 0 Å². The Balaban J connectivity index is 1.64. The first-order valence-corrected chi connectivity index (χ1v) is 7.06. The van der Waals surface area contributed by atoms with Gasteiger partial charge in [0.25, 0.3) is 5.91 Å². The largest absolute Gasteiger partial charge is 0.455 e. The number of hydrogen-bond donors (Lipinski definition) is 1. The monoisotopic (exact) mass is 326 g/mol. The van der Waals surface area contributed by atoms with Gasteiger partial charge in [0, 0.05) is 11.1 Å². The minimum absolute atomic E-state index is 0.292. The van der Waals surface area contributed by atoms with Gasteiger partial charge < -0.3 is 4.42 Å². The van der Waals surface area contributed by atoms with Gasteiger partial charge in [-0.05, 0) is 60.7 Å². The van der Waals surface area contributed by atoms with E-state index in [1.54, 1.807) is 24.3 Å². The van der Waals surface area contributed by atoms with E-state index in [4.69, 9.17) is 4.42 Å². The highest BCUT2D eigenvalue weighted by Gasteiger charge is 2.05. The Hall–Kier alpha value is -3.28. The van der Waals surface area contributed by atoms with Crippen LogP contribution in [-0.4, -0.2) is 12.1 Å². The summed E-state index contributed by atoms with van der Waals surface area (Å²) in [7, 11) is 0. The van der Waals surface area contributed by atoms with Gasteiger partial charge in [0.2, 0.25) is 0 Å². The summed E-state index contributed by atoms with van der Waals surface area (Å²) in [4.78, 5) is 11.8. The molecule has 1 heterocycles. The summed E-state index contributed by atoms with van der Waals surface area (Å²) < 4.78 is 31.2. The van der Waals surface area contributed by atoms with Crippen LogP contribution in [0.1, 0.15) is 16.1 Å². The highest BCUT2D eigenvalue weighted by Crippen LogP contribution is 2.21. The third-order valence-electron chi connectivity index (χ3n) is 3.22. The first-order chi connectivity index (χ1) is 11.6. The standard InChI is InChI=1S/C18H12F2N2O2/c19-14-5-1-12(2-6-14)17-10-9-16(24-17)11-21-22-18(23)13-3-7-15(20)8-4-13/h1-11H,(H,22,23)/b21-11+. The molecule has 0 spiro atoms. The van der Waals surface area contributed by atoms with Gasteiger partial charge in [0.05, 0.1) is 6.21 Å². The number of nitrogens with zero attached hydrogens (tertiary/aromatic N) is 1. The van der Waals surface area contributed by atoms with Crippen LogP contribution in [0.3, 0.4) is 0 Å². The second-order valence-corrected chi connectivity index (χ2v) is 4.91. The Labute approximate surface area is 136 Å². The zero-order valence-electron chi connectivity index (χ0n) is 12.4. The normalized spacial score (nSPS) is 10.9. The lowest BCUT2D eigenvalue weighted by Crippen LogP contribution is -2.17. The Morgan fingerprint density at radius 3 is 2.21 bits per heavy atom. The van der Waals surface area contributed by atoms with Crippen LogP contribution < -0.4 is 5.43 Å². The molecule has 24 heavy (non-hydrogen) atoms. The van der Waals surface area contributed by atoms with Crippen LogP contribution in [0.25, 0.3) is 11.3 Å². The molecule has 0 atom stereocenters. The van der Waals surface area contributed by atoms with E-state index in [0.29, 0.717) is 17.1 Å². The number of hydrazone groups is 1. The van der Waals surface area contributed by atoms with Crippen molar-refractivity contribution in [3.63, 3.8) is 0 Å². The van der Waals surface area contributed by atoms with Gasteiger partial charge in [-0.15, -0.1) is 0 Å². The Kier molecular flexibility index (Phi) is 4.47. The molecule has 2 aromatic carbocycles. The van der Waals surface area contributed by atoms with E-state index in [1.165, 1.54) is 42.6 Å². The van der Waals surface area contributed by atoms with Crippen molar-refractivity contribution in [2.24, 2.45) is 5.10 Å². The van der Waals surface area contributed by atoms with Crippen molar-refractivity contribution in [1.29, 1.82) is 0 Å². The molecule has 1 N–H and O–H groups in total. The fourth-order valence-electron chi connectivity index (χ4n) is 2.01. The Morgan fingerprint density at radius 2 is 1.54 bits per heavy atom. The summed E-state index contributed by atoms with van der Waals surface area (Å²) in [6.07, 6.45) is 1.34. The second-order valence-electron chi connectivity index (χ2n) is 4.91. The maximum atomic E-state index is 12.9. The van der Waals surface area contributed by atoms with Crippen molar-refractivity contribution >= 4 is 12.1 Å². The molecule has 0 aliphatic carbocycles. The molecule has 3 rings (SSSR count). The van der Waals surface area contributed by atoms with E-state index in [1.807, 2.05) is 0 Å². The van der Waals surface area contributed by atoms with Gasteiger partial charge >= 0.3 is 0 Å². The maximum absolute atomic E-state index is 12.9. The number of halogens is 2. The van der Waals surface area contributed by atoms with E-state index in [-0.39, 0.29) is 5.82 Å². The van der Waals surface area contributed by atoms with Crippen LogP contribution in [-0.2, 0) is 0 Å². The highest BCUT2D eigenvalue weighted by atomic mass is 19.1. The molecule has 0 fully saturated rings. The minimum Gasteiger partial charge on any atom is -0.455 e. The van der Waals surface area contributed by atoms with E-state index >= 15 is 0 Å². The summed E-state index contributed by atoms with van der Waals surface area (Å²) in [5, 5.41) is 3.79. The zero-order valence-corrected chi connectivity index (χ0v) is 12.4. The fourth-order valence-corrected chi connectivity index (χ4v) is 2.01. The quantitative estimate of drug-likeness (QED) is 0.582. The molecular weight excluding hydrogens is 314 g/mol. The third kappa shape index (κ3) is 3.73. The van der Waals surface area contributed by atoms with Crippen LogP contribution in [0.15, 0.2) is 70.2 Å². The van der Waals surface area contributed by atoms with Crippen molar-refractivity contribution in [2.45, 2.75) is 0 Å². The molecule has 6 heteroatoms. The fraction of sp³-hybridized carbons (Fsp3) is 0. The number of furan rings is 1. The van der Waals surface area contributed by atoms with E-state index < -0.39 is 11.7 Å². The van der Waals surface area contributed by atoms with Crippen LogP contribution in [0, 0.1) is 11.6 Å². The second kappa shape index (κ2) is 6.87. The van der Waals surface area contributed by atoms with Crippen LogP contribution in [0.4, 0.5) is 8.78 Å². The molecule has 0 aliphatic rings. The minimum atomic E-state index is -0.462. The number of carbonyl (C=O) groups excluding carboxylic acids is 1. The summed E-state index contributed by atoms with van der Waals surface area (Å²) >= 11 is 0. The molecule has 0 aliphatic heterocycles. The molecular formula is C18H12F2N2O2. The molecule has 1 aromatic heterocycles. The SMILES string of the molecule is O=C(N/N=C/c1ccc(-c2ccc(F)cc2)o1)c1ccc(F)cc1. The molecule has 0 unspecified atom stereocenters. The van der Waals surface area contributed by atoms with Crippen molar-refractivity contribution in [3.05, 3.63) is 83.6 Å². The predicted octanol–water partition coefficient (Wildman–Crippen LogP) is 3.99. The number of nitrogens with one attached hydrogen (secondary N) is 1. The lowest BCUT2D eigenvalue weighted by atomic mass is 10.2. The summed E-state index contributed by atoms with van der Waals surface area (Å²) in [6, 6.07) is 14.4. The summed E-state index contributed by atoms with van der Waals surface area (Å²) in [6.45, 7) is 0. The average molecular weight is 326 g/mol. The number of hydrogen-bond acceptors (Lipinski definition) is 3. The molecule has 0 saturated carbocycles. The molecule has 1 amide bonds. The van der Waals surface area contributed by atoms with Crippen molar-refractivity contribution in [3.8, 4) is 11.3 Å². The Morgan fingerprint density at radius 1 is 0.917 bits per heavy atom. The van der Waals surface area contributed by atoms with Crippen LogP contribution in [0.2, 0.25) is 0 Å². The molecule has 4 nitrogen and oxygen atoms in total. The number of amides is 1. The predicted molar refractivity (Wildman–Crippen MR) is 85.6 cm³/mol. The van der Waals surface area contributed by atoms with E-state index in [2.05, 4.69) is 10.5 Å². The molecule has 0 radical (unpaired) electrons. The van der Waals surface area contributed by atoms with Gasteiger partial charge in [-0.3, -0.25) is 4.79 Å². The van der Waals surface area contributed by atoms with E-state index in [9.17, 15) is 13.6 Å². The smallest absolute Gasteiger partial charge is 0.271 e. The van der Waals surface area contributed by atoms with Crippen LogP contribution >= 0.6 is 0 Å².